The Kier molecular flexibility index (Phi) is 14.2. The summed E-state index contributed by atoms with van der Waals surface area (Å²) >= 11 is 0. The summed E-state index contributed by atoms with van der Waals surface area (Å²) in [6.07, 6.45) is 0. The van der Waals surface area contributed by atoms with Gasteiger partial charge in [0.2, 0.25) is 0 Å². The molecule has 0 saturated heterocycles. The second-order valence-corrected chi connectivity index (χ2v) is 1.80. The molecule has 0 aliphatic rings. The maximum Gasteiger partial charge on any atom is 1.00 e. The van der Waals surface area contributed by atoms with Crippen molar-refractivity contribution >= 4 is 9.05 Å². The first kappa shape index (κ1) is 16.0. The summed E-state index contributed by atoms with van der Waals surface area (Å²) in [5.41, 5.74) is 0. The van der Waals surface area contributed by atoms with Crippen molar-refractivity contribution in [1.29, 1.82) is 0 Å². The molecule has 0 spiro atoms. The van der Waals surface area contributed by atoms with Crippen LogP contribution in [0.25, 0.3) is 0 Å². The molecule has 7 heavy (non-hydrogen) atoms. The smallest absolute Gasteiger partial charge is 1.00 e. The zero-order valence-corrected chi connectivity index (χ0v) is 11.1. The summed E-state index contributed by atoms with van der Waals surface area (Å²) in [5, 5.41) is 0. The largest absolute Gasteiger partial charge is 1.00 e. The van der Waals surface area contributed by atoms with Crippen LogP contribution in [0.1, 0.15) is 1.43 Å². The third-order valence-electron chi connectivity index (χ3n) is 0. The number of hydrogen-bond donors (Lipinski definition) is 4. The molecule has 6 N–H and O–H groups in total. The van der Waals surface area contributed by atoms with E-state index in [4.69, 9.17) is 19.2 Å². The van der Waals surface area contributed by atoms with Gasteiger partial charge >= 0.3 is 77.9 Å². The Morgan fingerprint density at radius 1 is 1.00 bits per heavy atom. The minimum absolute atomic E-state index is 0. The van der Waals surface area contributed by atoms with Gasteiger partial charge < -0.3 is 26.1 Å². The Balaban J connectivity index is -0.0000000267. The molecular formula is H7CsO5Si. The third kappa shape index (κ3) is 69.4. The van der Waals surface area contributed by atoms with Crippen molar-refractivity contribution in [3.05, 3.63) is 0 Å². The van der Waals surface area contributed by atoms with Crippen molar-refractivity contribution in [3.8, 4) is 0 Å². The second-order valence-electron chi connectivity index (χ2n) is 0.600. The van der Waals surface area contributed by atoms with E-state index in [0.29, 0.717) is 0 Å². The molecule has 42 valence electrons. The van der Waals surface area contributed by atoms with Gasteiger partial charge in [-0.15, -0.1) is 0 Å². The average Bonchev–Trinajstić information content (AvgIpc) is 0.722. The van der Waals surface area contributed by atoms with Gasteiger partial charge in [-0.1, -0.05) is 0 Å². The van der Waals surface area contributed by atoms with Crippen molar-refractivity contribution in [2.45, 2.75) is 0 Å². The van der Waals surface area contributed by atoms with Gasteiger partial charge in [-0.3, -0.25) is 0 Å². The summed E-state index contributed by atoms with van der Waals surface area (Å²) in [6, 6.07) is 0. The molecule has 0 aromatic carbocycles. The Bertz CT molecular complexity index is 27.9. The molecule has 0 radical (unpaired) electrons. The maximum atomic E-state index is 7.33. The fourth-order valence-corrected chi connectivity index (χ4v) is 0. The monoisotopic (exact) mass is 248 g/mol. The maximum absolute atomic E-state index is 7.33. The van der Waals surface area contributed by atoms with Crippen LogP contribution in [-0.4, -0.2) is 33.7 Å². The summed E-state index contributed by atoms with van der Waals surface area (Å²) in [5.74, 6) is 0. The number of rotatable bonds is 0. The number of hydrogen-bond acceptors (Lipinski definition) is 4. The van der Waals surface area contributed by atoms with Crippen LogP contribution in [0.3, 0.4) is 0 Å². The molecule has 5 nitrogen and oxygen atoms in total. The molecule has 0 aliphatic carbocycles. The fourth-order valence-electron chi connectivity index (χ4n) is 0. The molecular weight excluding hydrogens is 241 g/mol. The predicted octanol–water partition coefficient (Wildman–Crippen LogP) is -6.32. The van der Waals surface area contributed by atoms with E-state index in [2.05, 4.69) is 0 Å². The van der Waals surface area contributed by atoms with Crippen LogP contribution in [0.2, 0.25) is 0 Å². The first-order chi connectivity index (χ1) is 2.00. The first-order valence-electron chi connectivity index (χ1n) is 0.894. The Labute approximate surface area is 102 Å². The van der Waals surface area contributed by atoms with E-state index in [1.54, 1.807) is 0 Å². The zero-order valence-electron chi connectivity index (χ0n) is 4.79. The molecule has 0 fully saturated rings. The van der Waals surface area contributed by atoms with Crippen LogP contribution in [0.4, 0.5) is 0 Å². The van der Waals surface area contributed by atoms with Gasteiger partial charge in [-0.2, -0.15) is 0 Å². The molecule has 0 atom stereocenters. The van der Waals surface area contributed by atoms with Gasteiger partial charge in [0.05, 0.1) is 0 Å². The van der Waals surface area contributed by atoms with Gasteiger partial charge in [0.25, 0.3) is 0 Å². The summed E-state index contributed by atoms with van der Waals surface area (Å²) in [4.78, 5) is 29.3. The molecule has 0 amide bonds. The van der Waals surface area contributed by atoms with Gasteiger partial charge in [-0.25, -0.2) is 0 Å². The van der Waals surface area contributed by atoms with E-state index in [1.165, 1.54) is 0 Å². The van der Waals surface area contributed by atoms with E-state index < -0.39 is 9.05 Å². The standard InChI is InChI=1S/Cs.H4O4Si.H2O.H/c;1-5(2,3)4;;/h;1-4H;1H2;/q+1;;;-1. The van der Waals surface area contributed by atoms with Gasteiger partial charge in [0.1, 0.15) is 0 Å². The van der Waals surface area contributed by atoms with Crippen molar-refractivity contribution < 1.29 is 95.0 Å². The van der Waals surface area contributed by atoms with E-state index >= 15 is 0 Å². The molecule has 0 rings (SSSR count). The molecule has 0 aromatic rings. The minimum Gasteiger partial charge on any atom is -1.00 e. The SMILES string of the molecule is O.O[Si](O)(O)O.[Cs+].[H-]. The van der Waals surface area contributed by atoms with E-state index in [1.807, 2.05) is 0 Å². The topological polar surface area (TPSA) is 112 Å². The summed E-state index contributed by atoms with van der Waals surface area (Å²) in [7, 11) is -4.61. The molecule has 0 unspecified atom stereocenters. The Morgan fingerprint density at radius 2 is 1.00 bits per heavy atom. The van der Waals surface area contributed by atoms with Crippen LogP contribution < -0.4 is 68.9 Å². The van der Waals surface area contributed by atoms with E-state index in [-0.39, 0.29) is 75.8 Å². The predicted molar refractivity (Wildman–Crippen MR) is 19.4 cm³/mol. The normalized spacial score (nSPS) is 8.57. The van der Waals surface area contributed by atoms with Gasteiger partial charge in [0, 0.05) is 0 Å². The van der Waals surface area contributed by atoms with Crippen LogP contribution in [0, 0.1) is 0 Å². The molecule has 0 bridgehead atoms. The first-order valence-corrected chi connectivity index (χ1v) is 2.68. The molecule has 0 heterocycles. The van der Waals surface area contributed by atoms with Crippen molar-refractivity contribution in [1.82, 2.24) is 0 Å². The Hall–Kier alpha value is 2.07. The fraction of sp³-hybridized carbons (Fsp3) is 0. The quantitative estimate of drug-likeness (QED) is 0.319. The summed E-state index contributed by atoms with van der Waals surface area (Å²) in [6.45, 7) is 0. The van der Waals surface area contributed by atoms with Crippen molar-refractivity contribution in [3.63, 3.8) is 0 Å². The average molecular weight is 248 g/mol. The van der Waals surface area contributed by atoms with Crippen molar-refractivity contribution in [2.24, 2.45) is 0 Å². The molecule has 0 saturated carbocycles. The second kappa shape index (κ2) is 6.19. The zero-order chi connectivity index (χ0) is 4.50. The third-order valence-corrected chi connectivity index (χ3v) is 0. The van der Waals surface area contributed by atoms with E-state index in [0.717, 1.165) is 0 Å². The van der Waals surface area contributed by atoms with Gasteiger partial charge in [0.15, 0.2) is 0 Å². The molecule has 7 heteroatoms. The summed E-state index contributed by atoms with van der Waals surface area (Å²) < 4.78 is 0. The van der Waals surface area contributed by atoms with Crippen LogP contribution in [0.15, 0.2) is 0 Å². The Morgan fingerprint density at radius 3 is 1.00 bits per heavy atom. The van der Waals surface area contributed by atoms with Crippen LogP contribution >= 0.6 is 0 Å². The van der Waals surface area contributed by atoms with Gasteiger partial charge in [-0.05, 0) is 0 Å². The van der Waals surface area contributed by atoms with E-state index in [9.17, 15) is 0 Å². The van der Waals surface area contributed by atoms with Crippen molar-refractivity contribution in [2.75, 3.05) is 0 Å². The minimum atomic E-state index is -4.61. The molecule has 0 aliphatic heterocycles. The van der Waals surface area contributed by atoms with Crippen LogP contribution in [-0.2, 0) is 0 Å². The molecule has 0 aromatic heterocycles. The van der Waals surface area contributed by atoms with Crippen LogP contribution in [0.5, 0.6) is 0 Å².